The Morgan fingerprint density at radius 3 is 1.90 bits per heavy atom. The molecule has 0 aliphatic carbocycles. The van der Waals surface area contributed by atoms with Crippen LogP contribution in [-0.4, -0.2) is 5.78 Å². The van der Waals surface area contributed by atoms with Crippen molar-refractivity contribution in [1.29, 1.82) is 0 Å². The number of hydrogen-bond acceptors (Lipinski definition) is 1. The number of benzene rings is 2. The number of aryl methyl sites for hydroxylation is 2. The standard InChI is InChI=1S/C17H16F2O/c1-9-7-10(2)12(4)16(11(9)3)17(20)13-5-6-14(18)15(19)8-13/h5-8H,1-4H3. The Kier molecular flexibility index (Phi) is 3.71. The molecule has 0 saturated heterocycles. The Morgan fingerprint density at radius 2 is 1.40 bits per heavy atom. The Morgan fingerprint density at radius 1 is 0.850 bits per heavy atom. The molecule has 0 N–H and O–H groups in total. The van der Waals surface area contributed by atoms with E-state index in [-0.39, 0.29) is 11.3 Å². The van der Waals surface area contributed by atoms with Gasteiger partial charge in [0.2, 0.25) is 0 Å². The number of rotatable bonds is 2. The van der Waals surface area contributed by atoms with E-state index in [9.17, 15) is 13.6 Å². The number of carbonyl (C=O) groups excluding carboxylic acids is 1. The van der Waals surface area contributed by atoms with Crippen molar-refractivity contribution in [2.45, 2.75) is 27.7 Å². The van der Waals surface area contributed by atoms with Crippen LogP contribution in [0.25, 0.3) is 0 Å². The zero-order valence-corrected chi connectivity index (χ0v) is 12.0. The second kappa shape index (κ2) is 5.16. The summed E-state index contributed by atoms with van der Waals surface area (Å²) in [6.07, 6.45) is 0. The lowest BCUT2D eigenvalue weighted by atomic mass is 9.89. The summed E-state index contributed by atoms with van der Waals surface area (Å²) in [5.74, 6) is -2.23. The summed E-state index contributed by atoms with van der Waals surface area (Å²) in [4.78, 5) is 12.6. The quantitative estimate of drug-likeness (QED) is 0.740. The number of hydrogen-bond donors (Lipinski definition) is 0. The van der Waals surface area contributed by atoms with Gasteiger partial charge in [-0.15, -0.1) is 0 Å². The van der Waals surface area contributed by atoms with Gasteiger partial charge in [0.15, 0.2) is 17.4 Å². The second-order valence-corrected chi connectivity index (χ2v) is 5.09. The topological polar surface area (TPSA) is 17.1 Å². The highest BCUT2D eigenvalue weighted by atomic mass is 19.2. The van der Waals surface area contributed by atoms with E-state index in [1.807, 2.05) is 33.8 Å². The maximum Gasteiger partial charge on any atom is 0.193 e. The molecule has 0 radical (unpaired) electrons. The highest BCUT2D eigenvalue weighted by Gasteiger charge is 2.18. The molecule has 0 aliphatic heterocycles. The van der Waals surface area contributed by atoms with Gasteiger partial charge in [0.05, 0.1) is 0 Å². The first-order chi connectivity index (χ1) is 9.32. The van der Waals surface area contributed by atoms with Crippen molar-refractivity contribution in [2.75, 3.05) is 0 Å². The van der Waals surface area contributed by atoms with Gasteiger partial charge in [-0.25, -0.2) is 8.78 Å². The summed E-state index contributed by atoms with van der Waals surface area (Å²) in [5, 5.41) is 0. The minimum Gasteiger partial charge on any atom is -0.289 e. The molecule has 0 heterocycles. The van der Waals surface area contributed by atoms with Crippen LogP contribution in [0, 0.1) is 39.3 Å². The largest absolute Gasteiger partial charge is 0.289 e. The van der Waals surface area contributed by atoms with E-state index in [1.54, 1.807) is 0 Å². The lowest BCUT2D eigenvalue weighted by Crippen LogP contribution is -2.09. The van der Waals surface area contributed by atoms with Crippen molar-refractivity contribution in [3.05, 3.63) is 69.3 Å². The van der Waals surface area contributed by atoms with Crippen LogP contribution in [0.5, 0.6) is 0 Å². The van der Waals surface area contributed by atoms with Gasteiger partial charge in [0.1, 0.15) is 0 Å². The minimum atomic E-state index is -1.00. The second-order valence-electron chi connectivity index (χ2n) is 5.09. The molecular weight excluding hydrogens is 258 g/mol. The molecule has 0 amide bonds. The molecule has 0 spiro atoms. The van der Waals surface area contributed by atoms with E-state index in [2.05, 4.69) is 0 Å². The third-order valence-electron chi connectivity index (χ3n) is 3.77. The van der Waals surface area contributed by atoms with Crippen LogP contribution in [0.2, 0.25) is 0 Å². The average Bonchev–Trinajstić information content (AvgIpc) is 2.40. The van der Waals surface area contributed by atoms with Crippen molar-refractivity contribution >= 4 is 5.78 Å². The first-order valence-corrected chi connectivity index (χ1v) is 6.40. The van der Waals surface area contributed by atoms with E-state index < -0.39 is 11.6 Å². The molecule has 0 aromatic heterocycles. The van der Waals surface area contributed by atoms with Gasteiger partial charge in [-0.3, -0.25) is 4.79 Å². The molecule has 2 rings (SSSR count). The Labute approximate surface area is 117 Å². The van der Waals surface area contributed by atoms with E-state index in [0.717, 1.165) is 34.4 Å². The molecule has 1 nitrogen and oxygen atoms in total. The molecule has 0 fully saturated rings. The van der Waals surface area contributed by atoms with Crippen LogP contribution in [0.3, 0.4) is 0 Å². The van der Waals surface area contributed by atoms with Crippen molar-refractivity contribution in [3.63, 3.8) is 0 Å². The van der Waals surface area contributed by atoms with E-state index in [1.165, 1.54) is 6.07 Å². The number of ketones is 1. The molecule has 20 heavy (non-hydrogen) atoms. The van der Waals surface area contributed by atoms with Crippen molar-refractivity contribution < 1.29 is 13.6 Å². The van der Waals surface area contributed by atoms with Gasteiger partial charge in [0, 0.05) is 11.1 Å². The maximum absolute atomic E-state index is 13.3. The van der Waals surface area contributed by atoms with Crippen LogP contribution < -0.4 is 0 Å². The van der Waals surface area contributed by atoms with Gasteiger partial charge < -0.3 is 0 Å². The molecule has 2 aromatic carbocycles. The highest BCUT2D eigenvalue weighted by molar-refractivity contribution is 6.11. The predicted molar refractivity (Wildman–Crippen MR) is 75.2 cm³/mol. The fourth-order valence-electron chi connectivity index (χ4n) is 2.34. The highest BCUT2D eigenvalue weighted by Crippen LogP contribution is 2.24. The van der Waals surface area contributed by atoms with Crippen molar-refractivity contribution in [2.24, 2.45) is 0 Å². The van der Waals surface area contributed by atoms with Crippen LogP contribution in [0.4, 0.5) is 8.78 Å². The summed E-state index contributed by atoms with van der Waals surface area (Å²) in [6, 6.07) is 5.27. The number of halogens is 2. The van der Waals surface area contributed by atoms with Crippen LogP contribution >= 0.6 is 0 Å². The fraction of sp³-hybridized carbons (Fsp3) is 0.235. The first kappa shape index (κ1) is 14.4. The van der Waals surface area contributed by atoms with Crippen LogP contribution in [-0.2, 0) is 0 Å². The van der Waals surface area contributed by atoms with Crippen LogP contribution in [0.15, 0.2) is 24.3 Å². The molecule has 3 heteroatoms. The monoisotopic (exact) mass is 274 g/mol. The normalized spacial score (nSPS) is 10.7. The molecule has 0 saturated carbocycles. The molecule has 0 atom stereocenters. The summed E-state index contributed by atoms with van der Waals surface area (Å²) in [7, 11) is 0. The van der Waals surface area contributed by atoms with Gasteiger partial charge in [0.25, 0.3) is 0 Å². The summed E-state index contributed by atoms with van der Waals surface area (Å²) >= 11 is 0. The van der Waals surface area contributed by atoms with E-state index >= 15 is 0 Å². The van der Waals surface area contributed by atoms with E-state index in [0.29, 0.717) is 5.56 Å². The van der Waals surface area contributed by atoms with Gasteiger partial charge >= 0.3 is 0 Å². The SMILES string of the molecule is Cc1cc(C)c(C)c(C(=O)c2ccc(F)c(F)c2)c1C. The molecule has 0 aliphatic rings. The Bertz CT molecular complexity index is 676. The van der Waals surface area contributed by atoms with Crippen molar-refractivity contribution in [1.82, 2.24) is 0 Å². The number of carbonyl (C=O) groups is 1. The molecule has 2 aromatic rings. The summed E-state index contributed by atoms with van der Waals surface area (Å²) in [6.45, 7) is 7.61. The molecule has 0 unspecified atom stereocenters. The zero-order chi connectivity index (χ0) is 15.0. The predicted octanol–water partition coefficient (Wildman–Crippen LogP) is 4.43. The minimum absolute atomic E-state index is 0.167. The molecular formula is C17H16F2O. The smallest absolute Gasteiger partial charge is 0.193 e. The average molecular weight is 274 g/mol. The first-order valence-electron chi connectivity index (χ1n) is 6.40. The zero-order valence-electron chi connectivity index (χ0n) is 12.0. The third-order valence-corrected chi connectivity index (χ3v) is 3.77. The lowest BCUT2D eigenvalue weighted by Gasteiger charge is -2.14. The van der Waals surface area contributed by atoms with Crippen LogP contribution in [0.1, 0.15) is 38.2 Å². The summed E-state index contributed by atoms with van der Waals surface area (Å²) < 4.78 is 26.3. The third kappa shape index (κ3) is 2.36. The lowest BCUT2D eigenvalue weighted by molar-refractivity contribution is 0.103. The molecule has 104 valence electrons. The van der Waals surface area contributed by atoms with Gasteiger partial charge in [-0.05, 0) is 68.1 Å². The van der Waals surface area contributed by atoms with Gasteiger partial charge in [-0.2, -0.15) is 0 Å². The van der Waals surface area contributed by atoms with Gasteiger partial charge in [-0.1, -0.05) is 6.07 Å². The van der Waals surface area contributed by atoms with Crippen molar-refractivity contribution in [3.8, 4) is 0 Å². The van der Waals surface area contributed by atoms with E-state index in [4.69, 9.17) is 0 Å². The Balaban J connectivity index is 2.62. The molecule has 0 bridgehead atoms. The fourth-order valence-corrected chi connectivity index (χ4v) is 2.34. The maximum atomic E-state index is 13.3. The summed E-state index contributed by atoms with van der Waals surface area (Å²) in [5.41, 5.74) is 4.53. The Hall–Kier alpha value is -2.03.